The first-order valence-corrected chi connectivity index (χ1v) is 9.07. The molecule has 0 aromatic heterocycles. The molecule has 0 aromatic rings. The molecule has 2 amide bonds. The van der Waals surface area contributed by atoms with Gasteiger partial charge in [-0.1, -0.05) is 25.7 Å². The van der Waals surface area contributed by atoms with Crippen LogP contribution in [-0.2, 0) is 0 Å². The van der Waals surface area contributed by atoms with Crippen molar-refractivity contribution in [2.45, 2.75) is 76.4 Å². The number of amides is 2. The van der Waals surface area contributed by atoms with Crippen molar-refractivity contribution in [1.29, 1.82) is 0 Å². The van der Waals surface area contributed by atoms with Crippen LogP contribution < -0.4 is 10.6 Å². The van der Waals surface area contributed by atoms with Gasteiger partial charge < -0.3 is 15.7 Å². The Hall–Kier alpha value is -0.810. The van der Waals surface area contributed by atoms with E-state index in [0.29, 0.717) is 13.0 Å². The Balaban J connectivity index is 1.83. The quantitative estimate of drug-likeness (QED) is 0.705. The molecule has 2 fully saturated rings. The van der Waals surface area contributed by atoms with E-state index in [-0.39, 0.29) is 17.7 Å². The highest BCUT2D eigenvalue weighted by Gasteiger charge is 2.38. The highest BCUT2D eigenvalue weighted by molar-refractivity contribution is 5.73. The minimum absolute atomic E-state index is 0.0948. The van der Waals surface area contributed by atoms with Gasteiger partial charge in [0.15, 0.2) is 0 Å². The third kappa shape index (κ3) is 5.13. The van der Waals surface area contributed by atoms with Crippen LogP contribution in [0.15, 0.2) is 0 Å². The van der Waals surface area contributed by atoms with Gasteiger partial charge in [0.05, 0.1) is 6.10 Å². The third-order valence-corrected chi connectivity index (χ3v) is 5.24. The predicted molar refractivity (Wildman–Crippen MR) is 88.9 cm³/mol. The SMILES string of the molecule is CC(O)CCNC(=O)NCC1(N2CCCCC2)CCCCC1. The third-order valence-electron chi connectivity index (χ3n) is 5.24. The van der Waals surface area contributed by atoms with Gasteiger partial charge in [-0.05, 0) is 52.1 Å². The number of hydrogen-bond acceptors (Lipinski definition) is 3. The first-order chi connectivity index (χ1) is 10.6. The topological polar surface area (TPSA) is 64.6 Å². The van der Waals surface area contributed by atoms with E-state index in [4.69, 9.17) is 0 Å². The van der Waals surface area contributed by atoms with E-state index in [0.717, 1.165) is 6.54 Å². The van der Waals surface area contributed by atoms with Crippen LogP contribution in [0.25, 0.3) is 0 Å². The zero-order valence-corrected chi connectivity index (χ0v) is 14.1. The molecular formula is C17H33N3O2. The van der Waals surface area contributed by atoms with Crippen LogP contribution in [0.4, 0.5) is 4.79 Å². The Bertz CT molecular complexity index is 335. The molecule has 0 aromatic carbocycles. The molecule has 0 radical (unpaired) electrons. The molecule has 22 heavy (non-hydrogen) atoms. The van der Waals surface area contributed by atoms with Gasteiger partial charge in [0, 0.05) is 18.6 Å². The minimum Gasteiger partial charge on any atom is -0.393 e. The molecule has 1 heterocycles. The molecule has 1 aliphatic heterocycles. The number of likely N-dealkylation sites (tertiary alicyclic amines) is 1. The lowest BCUT2D eigenvalue weighted by molar-refractivity contribution is 0.0354. The van der Waals surface area contributed by atoms with Crippen LogP contribution in [0, 0.1) is 0 Å². The van der Waals surface area contributed by atoms with E-state index in [1.807, 2.05) is 0 Å². The van der Waals surface area contributed by atoms with Crippen LogP contribution in [0.1, 0.15) is 64.7 Å². The second-order valence-corrected chi connectivity index (χ2v) is 7.08. The Kier molecular flexibility index (Phi) is 6.96. The number of aliphatic hydroxyl groups is 1. The molecule has 3 N–H and O–H groups in total. The molecule has 1 saturated carbocycles. The Morgan fingerprint density at radius 2 is 1.73 bits per heavy atom. The van der Waals surface area contributed by atoms with Crippen LogP contribution in [-0.4, -0.2) is 53.9 Å². The maximum atomic E-state index is 12.0. The summed E-state index contributed by atoms with van der Waals surface area (Å²) in [6, 6.07) is -0.0948. The van der Waals surface area contributed by atoms with Crippen LogP contribution >= 0.6 is 0 Å². The fraction of sp³-hybridized carbons (Fsp3) is 0.941. The highest BCUT2D eigenvalue weighted by Crippen LogP contribution is 2.35. The number of rotatable bonds is 6. The maximum absolute atomic E-state index is 12.0. The molecule has 1 saturated heterocycles. The predicted octanol–water partition coefficient (Wildman–Crippen LogP) is 2.25. The standard InChI is InChI=1S/C17H33N3O2/c1-15(21)8-11-18-16(22)19-14-17(9-4-2-5-10-17)20-12-6-3-7-13-20/h15,21H,2-14H2,1H3,(H2,18,19,22). The van der Waals surface area contributed by atoms with E-state index in [1.54, 1.807) is 6.92 Å². The van der Waals surface area contributed by atoms with Gasteiger partial charge in [0.1, 0.15) is 0 Å². The van der Waals surface area contributed by atoms with Crippen molar-refractivity contribution in [3.8, 4) is 0 Å². The summed E-state index contributed by atoms with van der Waals surface area (Å²) in [7, 11) is 0. The zero-order chi connectivity index (χ0) is 15.8. The lowest BCUT2D eigenvalue weighted by Gasteiger charge is -2.48. The summed E-state index contributed by atoms with van der Waals surface area (Å²) in [6.07, 6.45) is 10.5. The minimum atomic E-state index is -0.363. The molecule has 5 heteroatoms. The van der Waals surface area contributed by atoms with Crippen molar-refractivity contribution >= 4 is 6.03 Å². The number of hydrogen-bond donors (Lipinski definition) is 3. The van der Waals surface area contributed by atoms with Crippen LogP contribution in [0.2, 0.25) is 0 Å². The van der Waals surface area contributed by atoms with Crippen molar-refractivity contribution in [2.24, 2.45) is 0 Å². The Morgan fingerprint density at radius 3 is 2.36 bits per heavy atom. The fourth-order valence-electron chi connectivity index (χ4n) is 3.88. The summed E-state index contributed by atoms with van der Waals surface area (Å²) >= 11 is 0. The van der Waals surface area contributed by atoms with Crippen LogP contribution in [0.5, 0.6) is 0 Å². The van der Waals surface area contributed by atoms with E-state index in [9.17, 15) is 9.90 Å². The van der Waals surface area contributed by atoms with Crippen molar-refractivity contribution in [3.05, 3.63) is 0 Å². The van der Waals surface area contributed by atoms with Crippen LogP contribution in [0.3, 0.4) is 0 Å². The first kappa shape index (κ1) is 17.5. The molecule has 128 valence electrons. The molecule has 2 aliphatic rings. The first-order valence-electron chi connectivity index (χ1n) is 9.07. The van der Waals surface area contributed by atoms with Crippen molar-refractivity contribution in [2.75, 3.05) is 26.2 Å². The molecule has 0 bridgehead atoms. The number of urea groups is 1. The second kappa shape index (κ2) is 8.73. The zero-order valence-electron chi connectivity index (χ0n) is 14.1. The van der Waals surface area contributed by atoms with Gasteiger partial charge in [-0.15, -0.1) is 0 Å². The molecule has 5 nitrogen and oxygen atoms in total. The van der Waals surface area contributed by atoms with Gasteiger partial charge in [-0.25, -0.2) is 4.79 Å². The second-order valence-electron chi connectivity index (χ2n) is 7.08. The van der Waals surface area contributed by atoms with Crippen molar-refractivity contribution < 1.29 is 9.90 Å². The number of nitrogens with one attached hydrogen (secondary N) is 2. The number of carbonyl (C=O) groups excluding carboxylic acids is 1. The molecule has 0 spiro atoms. The molecular weight excluding hydrogens is 278 g/mol. The number of nitrogens with zero attached hydrogens (tertiary/aromatic N) is 1. The normalized spacial score (nSPS) is 23.7. The lowest BCUT2D eigenvalue weighted by atomic mass is 9.79. The summed E-state index contributed by atoms with van der Waals surface area (Å²) in [5.41, 5.74) is 0.181. The highest BCUT2D eigenvalue weighted by atomic mass is 16.3. The number of aliphatic hydroxyl groups excluding tert-OH is 1. The van der Waals surface area contributed by atoms with E-state index >= 15 is 0 Å². The van der Waals surface area contributed by atoms with E-state index in [1.165, 1.54) is 64.5 Å². The Morgan fingerprint density at radius 1 is 1.09 bits per heavy atom. The molecule has 1 aliphatic carbocycles. The lowest BCUT2D eigenvalue weighted by Crippen LogP contribution is -2.59. The van der Waals surface area contributed by atoms with Gasteiger partial charge in [-0.3, -0.25) is 4.90 Å². The largest absolute Gasteiger partial charge is 0.393 e. The summed E-state index contributed by atoms with van der Waals surface area (Å²) in [5, 5.41) is 15.2. The van der Waals surface area contributed by atoms with E-state index < -0.39 is 0 Å². The van der Waals surface area contributed by atoms with Gasteiger partial charge in [0.25, 0.3) is 0 Å². The summed E-state index contributed by atoms with van der Waals surface area (Å²) < 4.78 is 0. The summed E-state index contributed by atoms with van der Waals surface area (Å²) in [5.74, 6) is 0. The molecule has 1 unspecified atom stereocenters. The number of piperidine rings is 1. The Labute approximate surface area is 134 Å². The summed E-state index contributed by atoms with van der Waals surface area (Å²) in [4.78, 5) is 14.6. The monoisotopic (exact) mass is 311 g/mol. The van der Waals surface area contributed by atoms with Gasteiger partial charge >= 0.3 is 6.03 Å². The van der Waals surface area contributed by atoms with Crippen molar-refractivity contribution in [3.63, 3.8) is 0 Å². The van der Waals surface area contributed by atoms with E-state index in [2.05, 4.69) is 15.5 Å². The molecule has 1 atom stereocenters. The van der Waals surface area contributed by atoms with Gasteiger partial charge in [0.2, 0.25) is 0 Å². The average Bonchev–Trinajstić information content (AvgIpc) is 2.54. The smallest absolute Gasteiger partial charge is 0.314 e. The fourth-order valence-corrected chi connectivity index (χ4v) is 3.88. The maximum Gasteiger partial charge on any atom is 0.314 e. The molecule has 2 rings (SSSR count). The number of carbonyl (C=O) groups is 1. The average molecular weight is 311 g/mol. The summed E-state index contributed by atoms with van der Waals surface area (Å²) in [6.45, 7) is 5.40. The van der Waals surface area contributed by atoms with Crippen molar-refractivity contribution in [1.82, 2.24) is 15.5 Å². The van der Waals surface area contributed by atoms with Gasteiger partial charge in [-0.2, -0.15) is 0 Å².